The predicted molar refractivity (Wildman–Crippen MR) is 177 cm³/mol. The zero-order valence-corrected chi connectivity index (χ0v) is 31.8. The Bertz CT molecular complexity index is 1630. The third-order valence-corrected chi connectivity index (χ3v) is 7.03. The van der Waals surface area contributed by atoms with Crippen molar-refractivity contribution in [3.63, 3.8) is 0 Å². The van der Waals surface area contributed by atoms with Crippen LogP contribution in [0.3, 0.4) is 0 Å². The normalized spacial score (nSPS) is 15.1. The summed E-state index contributed by atoms with van der Waals surface area (Å²) in [5, 5.41) is 8.57. The monoisotopic (exact) mass is 709 g/mol. The van der Waals surface area contributed by atoms with E-state index >= 15 is 0 Å². The first-order valence-electron chi connectivity index (χ1n) is 14.7. The van der Waals surface area contributed by atoms with Gasteiger partial charge >= 0.3 is 57.4 Å². The van der Waals surface area contributed by atoms with Crippen molar-refractivity contribution in [3.05, 3.63) is 83.9 Å². The van der Waals surface area contributed by atoms with Crippen LogP contribution in [0, 0.1) is 6.92 Å². The molecule has 0 aliphatic carbocycles. The third-order valence-electron chi connectivity index (χ3n) is 7.03. The minimum atomic E-state index is -4.92. The third kappa shape index (κ3) is 11.9. The molecule has 1 aliphatic rings. The first-order valence-corrected chi connectivity index (χ1v) is 16.1. The summed E-state index contributed by atoms with van der Waals surface area (Å²) in [6.07, 6.45) is -1.01. The van der Waals surface area contributed by atoms with Crippen molar-refractivity contribution in [2.45, 2.75) is 39.0 Å². The van der Waals surface area contributed by atoms with Crippen molar-refractivity contribution in [2.75, 3.05) is 54.3 Å². The summed E-state index contributed by atoms with van der Waals surface area (Å²) in [7, 11) is -1.05. The second kappa shape index (κ2) is 18.7. The number of benzene rings is 3. The van der Waals surface area contributed by atoms with Gasteiger partial charge in [-0.3, -0.25) is 14.1 Å². The smallest absolute Gasteiger partial charge is 0.726 e. The molecule has 4 rings (SSSR count). The molecule has 4 amide bonds. The molecule has 0 saturated carbocycles. The molecule has 1 aliphatic heterocycles. The van der Waals surface area contributed by atoms with E-state index in [1.807, 2.05) is 70.1 Å². The number of rotatable bonds is 12. The van der Waals surface area contributed by atoms with Crippen molar-refractivity contribution in [1.82, 2.24) is 5.32 Å². The Morgan fingerprint density at radius 1 is 0.938 bits per heavy atom. The molecule has 1 heterocycles. The van der Waals surface area contributed by atoms with Crippen molar-refractivity contribution < 1.29 is 92.8 Å². The molecular weight excluding hydrogens is 670 g/mol. The van der Waals surface area contributed by atoms with E-state index in [1.165, 1.54) is 4.90 Å². The Balaban J connectivity index is 0.00000124. The number of hydrogen-bond acceptors (Lipinski definition) is 9. The second-order valence-electron chi connectivity index (χ2n) is 10.7. The molecule has 0 saturated heterocycles. The van der Waals surface area contributed by atoms with E-state index in [0.29, 0.717) is 35.8 Å². The molecule has 48 heavy (non-hydrogen) atoms. The van der Waals surface area contributed by atoms with Crippen molar-refractivity contribution in [1.29, 1.82) is 0 Å². The van der Waals surface area contributed by atoms with Crippen LogP contribution in [0.25, 0.3) is 0 Å². The number of nitrogens with one attached hydrogen (secondary N) is 3. The van der Waals surface area contributed by atoms with Crippen LogP contribution in [-0.2, 0) is 35.0 Å². The molecule has 0 fully saturated rings. The minimum absolute atomic E-state index is 0. The van der Waals surface area contributed by atoms with Gasteiger partial charge < -0.3 is 39.8 Å². The molecule has 0 radical (unpaired) electrons. The number of amides is 4. The number of nitrogens with zero attached hydrogens (tertiary/aromatic N) is 2. The van der Waals surface area contributed by atoms with Gasteiger partial charge in [0.15, 0.2) is 11.8 Å². The number of carbonyl (C=O) groups is 3. The molecule has 1 unspecified atom stereocenters. The van der Waals surface area contributed by atoms with E-state index in [0.717, 1.165) is 11.3 Å². The van der Waals surface area contributed by atoms with E-state index in [1.54, 1.807) is 42.5 Å². The van der Waals surface area contributed by atoms with Gasteiger partial charge in [0.2, 0.25) is 16.3 Å². The van der Waals surface area contributed by atoms with E-state index in [4.69, 9.17) is 27.0 Å². The van der Waals surface area contributed by atoms with Crippen LogP contribution in [0.4, 0.5) is 27.5 Å². The molecule has 0 bridgehead atoms. The van der Waals surface area contributed by atoms with Gasteiger partial charge in [-0.25, -0.2) is 13.2 Å². The average molecular weight is 710 g/mol. The predicted octanol–water partition coefficient (Wildman–Crippen LogP) is 0.861. The Kier molecular flexibility index (Phi) is 16.1. The van der Waals surface area contributed by atoms with Gasteiger partial charge in [-0.2, -0.15) is 0 Å². The van der Waals surface area contributed by atoms with Crippen LogP contribution in [0.2, 0.25) is 0 Å². The molecule has 16 heteroatoms. The van der Waals surface area contributed by atoms with Gasteiger partial charge in [0.1, 0.15) is 0 Å². The maximum Gasteiger partial charge on any atom is 1.00 e. The SMILES string of the molecule is CCOC(CN1C(=O)C(CC(=O)Nc2ccc(N(C)C)cc2)(NC(=O)Nc2ccc(C)cc2)c2ccccc21)OCC.O=S(=O)([O-])O.[K+]. The summed E-state index contributed by atoms with van der Waals surface area (Å²) in [5.74, 6) is -0.885. The fourth-order valence-electron chi connectivity index (χ4n) is 5.00. The fraction of sp³-hybridized carbons (Fsp3) is 0.344. The van der Waals surface area contributed by atoms with Crippen LogP contribution in [0.5, 0.6) is 0 Å². The maximum absolute atomic E-state index is 14.4. The maximum atomic E-state index is 14.4. The largest absolute Gasteiger partial charge is 1.00 e. The van der Waals surface area contributed by atoms with Gasteiger partial charge in [0.05, 0.1) is 18.7 Å². The van der Waals surface area contributed by atoms with E-state index in [9.17, 15) is 14.4 Å². The molecule has 0 spiro atoms. The number of ether oxygens (including phenoxy) is 2. The summed E-state index contributed by atoms with van der Waals surface area (Å²) in [6.45, 7) is 6.53. The van der Waals surface area contributed by atoms with Gasteiger partial charge in [-0.05, 0) is 63.2 Å². The minimum Gasteiger partial charge on any atom is -0.726 e. The molecule has 1 atom stereocenters. The number of urea groups is 1. The quantitative estimate of drug-likeness (QED) is 0.0909. The topological polar surface area (TPSA) is 190 Å². The fourth-order valence-corrected chi connectivity index (χ4v) is 5.00. The van der Waals surface area contributed by atoms with E-state index in [2.05, 4.69) is 16.0 Å². The van der Waals surface area contributed by atoms with Crippen molar-refractivity contribution in [2.24, 2.45) is 0 Å². The van der Waals surface area contributed by atoms with Crippen LogP contribution < -0.4 is 77.1 Å². The standard InChI is InChI=1S/C32H39N5O5.K.H2O4S/c1-6-41-29(42-7-2)21-37-27-11-9-8-10-26(27)32(30(37)39,35-31(40)34-24-14-12-22(3)13-15-24)20-28(38)33-23-16-18-25(19-17-23)36(4)5;;1-5(2,3)4/h8-19,29H,6-7,20-21H2,1-5H3,(H,33,38)(H2,34,35,40);;(H2,1,2,3,4)/q;+1;/p-1. The van der Waals surface area contributed by atoms with Crippen molar-refractivity contribution >= 4 is 51.0 Å². The molecule has 14 nitrogen and oxygen atoms in total. The Morgan fingerprint density at radius 2 is 1.46 bits per heavy atom. The summed E-state index contributed by atoms with van der Waals surface area (Å²) in [5.41, 5.74) is 2.57. The molecule has 254 valence electrons. The zero-order valence-electron chi connectivity index (χ0n) is 27.8. The number of fused-ring (bicyclic) bond motifs is 1. The van der Waals surface area contributed by atoms with Crippen LogP contribution in [0.15, 0.2) is 72.8 Å². The summed E-state index contributed by atoms with van der Waals surface area (Å²) < 4.78 is 44.3. The van der Waals surface area contributed by atoms with E-state index in [-0.39, 0.29) is 64.4 Å². The number of aryl methyl sites for hydroxylation is 1. The van der Waals surface area contributed by atoms with Gasteiger partial charge in [-0.15, -0.1) is 0 Å². The Morgan fingerprint density at radius 3 is 2.00 bits per heavy atom. The number of anilines is 4. The second-order valence-corrected chi connectivity index (χ2v) is 11.6. The van der Waals surface area contributed by atoms with E-state index < -0.39 is 40.1 Å². The number of carbonyl (C=O) groups excluding carboxylic acids is 3. The zero-order chi connectivity index (χ0) is 34.8. The Labute approximate surface area is 323 Å². The van der Waals surface area contributed by atoms with Crippen LogP contribution >= 0.6 is 0 Å². The molecule has 0 aromatic heterocycles. The van der Waals surface area contributed by atoms with Gasteiger partial charge in [-0.1, -0.05) is 35.9 Å². The van der Waals surface area contributed by atoms with Crippen LogP contribution in [-0.4, -0.2) is 75.5 Å². The molecular formula is C32H40KN5O9S. The van der Waals surface area contributed by atoms with Crippen LogP contribution in [0.1, 0.15) is 31.4 Å². The molecule has 4 N–H and O–H groups in total. The molecule has 3 aromatic rings. The first-order chi connectivity index (χ1) is 22.2. The number of para-hydroxylation sites is 1. The summed E-state index contributed by atoms with van der Waals surface area (Å²) in [4.78, 5) is 44.8. The molecule has 3 aromatic carbocycles. The summed E-state index contributed by atoms with van der Waals surface area (Å²) in [6, 6.07) is 21.2. The van der Waals surface area contributed by atoms with Gasteiger partial charge in [0, 0.05) is 49.9 Å². The average Bonchev–Trinajstić information content (AvgIpc) is 3.20. The first kappa shape index (κ1) is 41.3. The van der Waals surface area contributed by atoms with Gasteiger partial charge in [0.25, 0.3) is 5.91 Å². The summed E-state index contributed by atoms with van der Waals surface area (Å²) >= 11 is 0. The number of hydrogen-bond donors (Lipinski definition) is 4. The Hall–Kier alpha value is -2.90. The van der Waals surface area contributed by atoms with Crippen molar-refractivity contribution in [3.8, 4) is 0 Å².